The fourth-order valence-corrected chi connectivity index (χ4v) is 1.82. The Kier molecular flexibility index (Phi) is 3.71. The zero-order chi connectivity index (χ0) is 12.4. The lowest BCUT2D eigenvalue weighted by Crippen LogP contribution is -2.21. The first-order valence-electron chi connectivity index (χ1n) is 4.92. The number of H-pyrrole nitrogens is 1. The first-order valence-corrected chi connectivity index (χ1v) is 5.83. The minimum absolute atomic E-state index is 0.0664. The van der Waals surface area contributed by atoms with E-state index in [-0.39, 0.29) is 28.7 Å². The maximum absolute atomic E-state index is 14.0. The number of aromatic nitrogens is 2. The van der Waals surface area contributed by atoms with Crippen LogP contribution in [0.5, 0.6) is 0 Å². The number of anilines is 1. The van der Waals surface area contributed by atoms with Crippen molar-refractivity contribution in [2.75, 3.05) is 17.7 Å². The highest BCUT2D eigenvalue weighted by Gasteiger charge is 2.14. The van der Waals surface area contributed by atoms with Crippen LogP contribution in [0, 0.1) is 5.82 Å². The number of benzene rings is 1. The Balaban J connectivity index is 2.32. The molecule has 1 unspecified atom stereocenters. The second-order valence-electron chi connectivity index (χ2n) is 3.54. The SMILES string of the molecule is OC(CCl)CNc1c(Cl)cc2[nH]cnc2c1F. The summed E-state index contributed by atoms with van der Waals surface area (Å²) in [7, 11) is 0. The Bertz CT molecular complexity index is 531. The number of alkyl halides is 1. The van der Waals surface area contributed by atoms with Crippen molar-refractivity contribution >= 4 is 39.9 Å². The summed E-state index contributed by atoms with van der Waals surface area (Å²) in [6.07, 6.45) is 0.628. The molecule has 17 heavy (non-hydrogen) atoms. The summed E-state index contributed by atoms with van der Waals surface area (Å²) in [5.41, 5.74) is 0.851. The molecule has 0 bridgehead atoms. The molecule has 0 aliphatic carbocycles. The van der Waals surface area contributed by atoms with E-state index in [9.17, 15) is 9.50 Å². The summed E-state index contributed by atoms with van der Waals surface area (Å²) in [6.45, 7) is 0.121. The number of hydrogen-bond acceptors (Lipinski definition) is 3. The van der Waals surface area contributed by atoms with Crippen LogP contribution in [-0.2, 0) is 0 Å². The predicted molar refractivity (Wildman–Crippen MR) is 66.3 cm³/mol. The van der Waals surface area contributed by atoms with Crippen LogP contribution in [0.3, 0.4) is 0 Å². The van der Waals surface area contributed by atoms with Crippen molar-refractivity contribution in [1.82, 2.24) is 9.97 Å². The molecule has 0 aliphatic heterocycles. The molecule has 0 aliphatic rings. The van der Waals surface area contributed by atoms with Gasteiger partial charge in [-0.15, -0.1) is 11.6 Å². The first kappa shape index (κ1) is 12.4. The van der Waals surface area contributed by atoms with E-state index in [0.717, 1.165) is 0 Å². The molecule has 7 heteroatoms. The lowest BCUT2D eigenvalue weighted by molar-refractivity contribution is 0.211. The van der Waals surface area contributed by atoms with Crippen molar-refractivity contribution in [3.05, 3.63) is 23.2 Å². The number of rotatable bonds is 4. The van der Waals surface area contributed by atoms with Gasteiger partial charge in [-0.2, -0.15) is 0 Å². The zero-order valence-electron chi connectivity index (χ0n) is 8.67. The molecule has 1 aromatic carbocycles. The highest BCUT2D eigenvalue weighted by atomic mass is 35.5. The number of fused-ring (bicyclic) bond motifs is 1. The molecule has 4 nitrogen and oxygen atoms in total. The lowest BCUT2D eigenvalue weighted by atomic mass is 10.2. The Morgan fingerprint density at radius 2 is 2.35 bits per heavy atom. The van der Waals surface area contributed by atoms with E-state index < -0.39 is 11.9 Å². The lowest BCUT2D eigenvalue weighted by Gasteiger charge is -2.12. The Morgan fingerprint density at radius 3 is 3.06 bits per heavy atom. The van der Waals surface area contributed by atoms with Gasteiger partial charge in [0.05, 0.1) is 34.5 Å². The monoisotopic (exact) mass is 277 g/mol. The van der Waals surface area contributed by atoms with Gasteiger partial charge in [-0.05, 0) is 6.07 Å². The molecule has 92 valence electrons. The third-order valence-corrected chi connectivity index (χ3v) is 2.95. The van der Waals surface area contributed by atoms with E-state index >= 15 is 0 Å². The number of hydrogen-bond donors (Lipinski definition) is 3. The van der Waals surface area contributed by atoms with Crippen LogP contribution in [-0.4, -0.2) is 33.6 Å². The summed E-state index contributed by atoms with van der Waals surface area (Å²) < 4.78 is 14.0. The van der Waals surface area contributed by atoms with Crippen LogP contribution in [0.1, 0.15) is 0 Å². The smallest absolute Gasteiger partial charge is 0.175 e. The maximum atomic E-state index is 14.0. The molecule has 0 saturated carbocycles. The summed E-state index contributed by atoms with van der Waals surface area (Å²) in [4.78, 5) is 6.62. The van der Waals surface area contributed by atoms with Gasteiger partial charge in [0.15, 0.2) is 5.82 Å². The van der Waals surface area contributed by atoms with Gasteiger partial charge in [0, 0.05) is 6.54 Å². The quantitative estimate of drug-likeness (QED) is 0.752. The average Bonchev–Trinajstić information content (AvgIpc) is 2.76. The van der Waals surface area contributed by atoms with Crippen molar-refractivity contribution in [3.63, 3.8) is 0 Å². The topological polar surface area (TPSA) is 60.9 Å². The minimum Gasteiger partial charge on any atom is -0.390 e. The third kappa shape index (κ3) is 2.46. The van der Waals surface area contributed by atoms with Gasteiger partial charge in [-0.3, -0.25) is 0 Å². The second-order valence-corrected chi connectivity index (χ2v) is 4.25. The van der Waals surface area contributed by atoms with Crippen LogP contribution in [0.15, 0.2) is 12.4 Å². The summed E-state index contributed by atoms with van der Waals surface area (Å²) >= 11 is 11.4. The molecule has 1 atom stereocenters. The van der Waals surface area contributed by atoms with Crippen molar-refractivity contribution in [3.8, 4) is 0 Å². The van der Waals surface area contributed by atoms with E-state index in [2.05, 4.69) is 15.3 Å². The highest BCUT2D eigenvalue weighted by molar-refractivity contribution is 6.34. The molecular formula is C10H10Cl2FN3O. The number of imidazole rings is 1. The molecule has 0 spiro atoms. The first-order chi connectivity index (χ1) is 8.13. The standard InChI is InChI=1S/C10H10Cl2FN3O/c11-2-5(17)3-14-9-6(12)1-7-10(8(9)13)16-4-15-7/h1,4-5,14,17H,2-3H2,(H,15,16). The molecule has 2 rings (SSSR count). The fraction of sp³-hybridized carbons (Fsp3) is 0.300. The maximum Gasteiger partial charge on any atom is 0.175 e. The van der Waals surface area contributed by atoms with Gasteiger partial charge < -0.3 is 15.4 Å². The summed E-state index contributed by atoms with van der Waals surface area (Å²) in [6, 6.07) is 1.57. The van der Waals surface area contributed by atoms with Crippen molar-refractivity contribution in [2.45, 2.75) is 6.10 Å². The van der Waals surface area contributed by atoms with Crippen LogP contribution in [0.25, 0.3) is 11.0 Å². The molecular weight excluding hydrogens is 268 g/mol. The Labute approximate surface area is 107 Å². The van der Waals surface area contributed by atoms with Gasteiger partial charge >= 0.3 is 0 Å². The number of halogens is 3. The Hall–Kier alpha value is -1.04. The van der Waals surface area contributed by atoms with Crippen LogP contribution < -0.4 is 5.32 Å². The summed E-state index contributed by atoms with van der Waals surface area (Å²) in [5, 5.41) is 12.2. The van der Waals surface area contributed by atoms with E-state index in [1.165, 1.54) is 6.33 Å². The molecule has 0 radical (unpaired) electrons. The molecule has 3 N–H and O–H groups in total. The van der Waals surface area contributed by atoms with Gasteiger partial charge in [-0.1, -0.05) is 11.6 Å². The van der Waals surface area contributed by atoms with Crippen molar-refractivity contribution in [2.24, 2.45) is 0 Å². The molecule has 2 aromatic rings. The second kappa shape index (κ2) is 5.08. The van der Waals surface area contributed by atoms with E-state index in [1.54, 1.807) is 6.07 Å². The van der Waals surface area contributed by atoms with Gasteiger partial charge in [0.2, 0.25) is 0 Å². The molecule has 1 aromatic heterocycles. The molecule has 0 fully saturated rings. The fourth-order valence-electron chi connectivity index (χ4n) is 1.45. The third-order valence-electron chi connectivity index (χ3n) is 2.30. The van der Waals surface area contributed by atoms with E-state index in [1.807, 2.05) is 0 Å². The Morgan fingerprint density at radius 1 is 1.59 bits per heavy atom. The van der Waals surface area contributed by atoms with Crippen LogP contribution in [0.4, 0.5) is 10.1 Å². The zero-order valence-corrected chi connectivity index (χ0v) is 10.2. The highest BCUT2D eigenvalue weighted by Crippen LogP contribution is 2.30. The number of aromatic amines is 1. The van der Waals surface area contributed by atoms with Gasteiger partial charge in [-0.25, -0.2) is 9.37 Å². The van der Waals surface area contributed by atoms with E-state index in [0.29, 0.717) is 5.52 Å². The number of aliphatic hydroxyl groups excluding tert-OH is 1. The molecule has 1 heterocycles. The van der Waals surface area contributed by atoms with Crippen molar-refractivity contribution in [1.29, 1.82) is 0 Å². The average molecular weight is 278 g/mol. The minimum atomic E-state index is -0.762. The number of aliphatic hydroxyl groups is 1. The van der Waals surface area contributed by atoms with Gasteiger partial charge in [0.1, 0.15) is 5.52 Å². The largest absolute Gasteiger partial charge is 0.390 e. The van der Waals surface area contributed by atoms with Crippen molar-refractivity contribution < 1.29 is 9.50 Å². The van der Waals surface area contributed by atoms with E-state index in [4.69, 9.17) is 23.2 Å². The van der Waals surface area contributed by atoms with Crippen LogP contribution >= 0.6 is 23.2 Å². The number of nitrogens with zero attached hydrogens (tertiary/aromatic N) is 1. The summed E-state index contributed by atoms with van der Waals surface area (Å²) in [5.74, 6) is -0.479. The number of nitrogens with one attached hydrogen (secondary N) is 2. The molecule has 0 amide bonds. The van der Waals surface area contributed by atoms with Gasteiger partial charge in [0.25, 0.3) is 0 Å². The predicted octanol–water partition coefficient (Wildman–Crippen LogP) is 2.37. The van der Waals surface area contributed by atoms with Crippen LogP contribution in [0.2, 0.25) is 5.02 Å². The molecule has 0 saturated heterocycles. The normalized spacial score (nSPS) is 12.9.